The van der Waals surface area contributed by atoms with Crippen LogP contribution in [0.25, 0.3) is 0 Å². The lowest BCUT2D eigenvalue weighted by Gasteiger charge is -2.13. The predicted molar refractivity (Wildman–Crippen MR) is 71.0 cm³/mol. The Hall–Kier alpha value is -0.940. The smallest absolute Gasteiger partial charge is 0.221 e. The van der Waals surface area contributed by atoms with E-state index in [-0.39, 0.29) is 18.0 Å². The molecule has 1 aromatic heterocycles. The van der Waals surface area contributed by atoms with Gasteiger partial charge in [-0.05, 0) is 20.3 Å². The summed E-state index contributed by atoms with van der Waals surface area (Å²) >= 11 is 1.63. The van der Waals surface area contributed by atoms with Crippen LogP contribution in [0.4, 0.5) is 0 Å². The first-order chi connectivity index (χ1) is 8.13. The van der Waals surface area contributed by atoms with Crippen LogP contribution in [0.15, 0.2) is 11.6 Å². The second-order valence-electron chi connectivity index (χ2n) is 4.17. The fraction of sp³-hybridized carbons (Fsp3) is 0.667. The molecule has 0 saturated heterocycles. The number of hydrogen-bond donors (Lipinski definition) is 2. The number of nitrogens with zero attached hydrogens (tertiary/aromatic N) is 1. The normalized spacial score (nSPS) is 14.3. The van der Waals surface area contributed by atoms with Crippen LogP contribution < -0.4 is 10.6 Å². The first kappa shape index (κ1) is 14.1. The van der Waals surface area contributed by atoms with Crippen LogP contribution in [0.2, 0.25) is 0 Å². The van der Waals surface area contributed by atoms with E-state index in [1.165, 1.54) is 0 Å². The molecule has 0 saturated carbocycles. The van der Waals surface area contributed by atoms with E-state index in [4.69, 9.17) is 0 Å². The third-order valence-corrected chi connectivity index (χ3v) is 3.60. The molecule has 0 fully saturated rings. The van der Waals surface area contributed by atoms with Crippen molar-refractivity contribution in [3.8, 4) is 0 Å². The molecule has 0 aliphatic rings. The second kappa shape index (κ2) is 7.40. The summed E-state index contributed by atoms with van der Waals surface area (Å²) in [6.45, 7) is 6.83. The van der Waals surface area contributed by atoms with Gasteiger partial charge in [0.05, 0.1) is 6.04 Å². The Morgan fingerprint density at radius 3 is 2.88 bits per heavy atom. The number of carbonyl (C=O) groups excluding carboxylic acids is 1. The van der Waals surface area contributed by atoms with Crippen LogP contribution in [0.3, 0.4) is 0 Å². The Morgan fingerprint density at radius 2 is 2.29 bits per heavy atom. The number of thiazole rings is 1. The summed E-state index contributed by atoms with van der Waals surface area (Å²) < 4.78 is 0. The van der Waals surface area contributed by atoms with Crippen molar-refractivity contribution in [2.45, 2.75) is 45.7 Å². The molecule has 1 rings (SSSR count). The van der Waals surface area contributed by atoms with Gasteiger partial charge < -0.3 is 10.6 Å². The number of nitrogens with one attached hydrogen (secondary N) is 2. The number of amides is 1. The molecule has 96 valence electrons. The van der Waals surface area contributed by atoms with Crippen molar-refractivity contribution >= 4 is 17.2 Å². The lowest BCUT2D eigenvalue weighted by molar-refractivity contribution is -0.121. The van der Waals surface area contributed by atoms with Crippen molar-refractivity contribution in [3.63, 3.8) is 0 Å². The molecular weight excluding hydrogens is 234 g/mol. The number of aromatic nitrogens is 1. The quantitative estimate of drug-likeness (QED) is 0.784. The lowest BCUT2D eigenvalue weighted by Crippen LogP contribution is -2.34. The molecule has 1 amide bonds. The zero-order chi connectivity index (χ0) is 12.7. The fourth-order valence-corrected chi connectivity index (χ4v) is 2.06. The highest BCUT2D eigenvalue weighted by Gasteiger charge is 2.09. The summed E-state index contributed by atoms with van der Waals surface area (Å²) in [7, 11) is 0. The van der Waals surface area contributed by atoms with Gasteiger partial charge in [-0.15, -0.1) is 11.3 Å². The van der Waals surface area contributed by atoms with Gasteiger partial charge in [0.25, 0.3) is 0 Å². The van der Waals surface area contributed by atoms with E-state index in [0.717, 1.165) is 11.4 Å². The molecule has 17 heavy (non-hydrogen) atoms. The van der Waals surface area contributed by atoms with Gasteiger partial charge in [-0.1, -0.05) is 6.92 Å². The molecule has 1 aromatic rings. The largest absolute Gasteiger partial charge is 0.354 e. The van der Waals surface area contributed by atoms with Gasteiger partial charge in [-0.3, -0.25) is 4.79 Å². The Bertz CT molecular complexity index is 327. The Labute approximate surface area is 107 Å². The number of carbonyl (C=O) groups is 1. The Morgan fingerprint density at radius 1 is 1.53 bits per heavy atom. The third kappa shape index (κ3) is 5.28. The van der Waals surface area contributed by atoms with Crippen molar-refractivity contribution in [1.29, 1.82) is 0 Å². The highest BCUT2D eigenvalue weighted by molar-refractivity contribution is 7.09. The fourth-order valence-electron chi connectivity index (χ4n) is 1.39. The van der Waals surface area contributed by atoms with Crippen LogP contribution >= 0.6 is 11.3 Å². The van der Waals surface area contributed by atoms with Crippen molar-refractivity contribution in [1.82, 2.24) is 15.6 Å². The van der Waals surface area contributed by atoms with Crippen LogP contribution in [0, 0.1) is 0 Å². The zero-order valence-corrected chi connectivity index (χ0v) is 11.5. The molecule has 5 heteroatoms. The molecule has 0 aliphatic heterocycles. The monoisotopic (exact) mass is 255 g/mol. The molecule has 2 atom stereocenters. The first-order valence-electron chi connectivity index (χ1n) is 6.05. The molecule has 0 bridgehead atoms. The molecular formula is C12H21N3OS. The molecule has 0 radical (unpaired) electrons. The molecule has 4 nitrogen and oxygen atoms in total. The van der Waals surface area contributed by atoms with Gasteiger partial charge >= 0.3 is 0 Å². The summed E-state index contributed by atoms with van der Waals surface area (Å²) in [5, 5.41) is 9.26. The molecule has 0 aromatic carbocycles. The minimum absolute atomic E-state index is 0.109. The lowest BCUT2D eigenvalue weighted by atomic mass is 10.2. The molecule has 2 unspecified atom stereocenters. The van der Waals surface area contributed by atoms with Gasteiger partial charge in [0.2, 0.25) is 5.91 Å². The Balaban J connectivity index is 2.17. The minimum Gasteiger partial charge on any atom is -0.354 e. The zero-order valence-electron chi connectivity index (χ0n) is 10.7. The standard InChI is InChI=1S/C12H21N3OS/c1-4-9(2)15-11(16)5-6-13-10(3)12-14-7-8-17-12/h7-10,13H,4-6H2,1-3H3,(H,15,16). The maximum Gasteiger partial charge on any atom is 0.221 e. The SMILES string of the molecule is CCC(C)NC(=O)CCNC(C)c1nccs1. The number of rotatable bonds is 7. The predicted octanol–water partition coefficient (Wildman–Crippen LogP) is 2.10. The molecule has 0 spiro atoms. The Kier molecular flexibility index (Phi) is 6.15. The second-order valence-corrected chi connectivity index (χ2v) is 5.10. The first-order valence-corrected chi connectivity index (χ1v) is 6.93. The van der Waals surface area contributed by atoms with Gasteiger partial charge in [0.1, 0.15) is 5.01 Å². The van der Waals surface area contributed by atoms with E-state index >= 15 is 0 Å². The van der Waals surface area contributed by atoms with Gasteiger partial charge in [-0.2, -0.15) is 0 Å². The third-order valence-electron chi connectivity index (χ3n) is 2.64. The highest BCUT2D eigenvalue weighted by atomic mass is 32.1. The van der Waals surface area contributed by atoms with Crippen LogP contribution in [0.5, 0.6) is 0 Å². The van der Waals surface area contributed by atoms with Gasteiger partial charge in [-0.25, -0.2) is 4.98 Å². The van der Waals surface area contributed by atoms with E-state index < -0.39 is 0 Å². The maximum atomic E-state index is 11.5. The molecule has 2 N–H and O–H groups in total. The van der Waals surface area contributed by atoms with Crippen molar-refractivity contribution in [3.05, 3.63) is 16.6 Å². The summed E-state index contributed by atoms with van der Waals surface area (Å²) in [5.74, 6) is 0.109. The van der Waals surface area contributed by atoms with E-state index in [2.05, 4.69) is 29.5 Å². The summed E-state index contributed by atoms with van der Waals surface area (Å²) in [4.78, 5) is 15.7. The van der Waals surface area contributed by atoms with Crippen LogP contribution in [-0.2, 0) is 4.79 Å². The van der Waals surface area contributed by atoms with Gasteiger partial charge in [0.15, 0.2) is 0 Å². The summed E-state index contributed by atoms with van der Waals surface area (Å²) in [6.07, 6.45) is 3.28. The van der Waals surface area contributed by atoms with Crippen molar-refractivity contribution < 1.29 is 4.79 Å². The van der Waals surface area contributed by atoms with Crippen LogP contribution in [-0.4, -0.2) is 23.5 Å². The molecule has 1 heterocycles. The van der Waals surface area contributed by atoms with Crippen molar-refractivity contribution in [2.75, 3.05) is 6.54 Å². The number of hydrogen-bond acceptors (Lipinski definition) is 4. The topological polar surface area (TPSA) is 54.0 Å². The van der Waals surface area contributed by atoms with E-state index in [0.29, 0.717) is 13.0 Å². The highest BCUT2D eigenvalue weighted by Crippen LogP contribution is 2.14. The van der Waals surface area contributed by atoms with Crippen LogP contribution in [0.1, 0.15) is 44.7 Å². The van der Waals surface area contributed by atoms with E-state index in [9.17, 15) is 4.79 Å². The minimum atomic E-state index is 0.109. The van der Waals surface area contributed by atoms with Gasteiger partial charge in [0, 0.05) is 30.6 Å². The van der Waals surface area contributed by atoms with E-state index in [1.54, 1.807) is 17.5 Å². The average Bonchev–Trinajstić information content (AvgIpc) is 2.82. The maximum absolute atomic E-state index is 11.5. The summed E-state index contributed by atoms with van der Waals surface area (Å²) in [5.41, 5.74) is 0. The van der Waals surface area contributed by atoms with Crippen molar-refractivity contribution in [2.24, 2.45) is 0 Å². The van der Waals surface area contributed by atoms with E-state index in [1.807, 2.05) is 12.3 Å². The summed E-state index contributed by atoms with van der Waals surface area (Å²) in [6, 6.07) is 0.477. The average molecular weight is 255 g/mol. The molecule has 0 aliphatic carbocycles.